The largest absolute Gasteiger partial charge is 0.444 e. The van der Waals surface area contributed by atoms with Gasteiger partial charge in [0.1, 0.15) is 12.2 Å². The molecule has 1 atom stereocenters. The number of hydrogen-bond acceptors (Lipinski definition) is 3. The summed E-state index contributed by atoms with van der Waals surface area (Å²) in [4.78, 5) is 13.4. The Morgan fingerprint density at radius 1 is 1.37 bits per heavy atom. The standard InChI is InChI=1S/C13H21NO3.C2H6/c1-5-6-9-16-11-7-8-14(10-11)12(15)17-13(2,3)4;1-2/h11H,7-10H2,1-4H3;1-2H3. The molecule has 4 nitrogen and oxygen atoms in total. The van der Waals surface area contributed by atoms with Crippen LogP contribution in [0.2, 0.25) is 0 Å². The quantitative estimate of drug-likeness (QED) is 0.723. The monoisotopic (exact) mass is 269 g/mol. The van der Waals surface area contributed by atoms with Crippen LogP contribution in [0.15, 0.2) is 0 Å². The fourth-order valence-electron chi connectivity index (χ4n) is 1.59. The van der Waals surface area contributed by atoms with Crippen molar-refractivity contribution in [3.8, 4) is 11.8 Å². The minimum absolute atomic E-state index is 0.0865. The summed E-state index contributed by atoms with van der Waals surface area (Å²) in [6.07, 6.45) is 0.679. The van der Waals surface area contributed by atoms with Gasteiger partial charge in [-0.15, -0.1) is 5.92 Å². The zero-order valence-corrected chi connectivity index (χ0v) is 13.1. The van der Waals surface area contributed by atoms with Gasteiger partial charge in [0.25, 0.3) is 0 Å². The Morgan fingerprint density at radius 3 is 2.53 bits per heavy atom. The van der Waals surface area contributed by atoms with Gasteiger partial charge in [-0.05, 0) is 34.1 Å². The number of rotatable bonds is 2. The second kappa shape index (κ2) is 8.82. The SMILES string of the molecule is CC.CC#CCOC1CCN(C(=O)OC(C)(C)C)C1. The van der Waals surface area contributed by atoms with Crippen molar-refractivity contribution in [3.63, 3.8) is 0 Å². The first-order chi connectivity index (χ1) is 8.92. The molecule has 1 aliphatic rings. The predicted octanol–water partition coefficient (Wildman–Crippen LogP) is 3.06. The number of carbonyl (C=O) groups excluding carboxylic acids is 1. The summed E-state index contributed by atoms with van der Waals surface area (Å²) < 4.78 is 10.8. The first-order valence-electron chi connectivity index (χ1n) is 6.91. The Morgan fingerprint density at radius 2 is 2.00 bits per heavy atom. The van der Waals surface area contributed by atoms with Crippen molar-refractivity contribution >= 4 is 6.09 Å². The lowest BCUT2D eigenvalue weighted by Gasteiger charge is -2.24. The predicted molar refractivity (Wildman–Crippen MR) is 77.0 cm³/mol. The molecule has 1 fully saturated rings. The molecule has 0 aromatic carbocycles. The van der Waals surface area contributed by atoms with E-state index in [0.29, 0.717) is 19.7 Å². The van der Waals surface area contributed by atoms with Crippen molar-refractivity contribution in [1.82, 2.24) is 4.90 Å². The van der Waals surface area contributed by atoms with Crippen molar-refractivity contribution < 1.29 is 14.3 Å². The normalized spacial score (nSPS) is 18.0. The molecule has 1 heterocycles. The third-order valence-corrected chi connectivity index (χ3v) is 2.36. The van der Waals surface area contributed by atoms with Crippen LogP contribution >= 0.6 is 0 Å². The van der Waals surface area contributed by atoms with E-state index in [-0.39, 0.29) is 12.2 Å². The van der Waals surface area contributed by atoms with E-state index in [9.17, 15) is 4.79 Å². The molecule has 1 unspecified atom stereocenters. The Labute approximate surface area is 117 Å². The second-order valence-electron chi connectivity index (χ2n) is 5.07. The summed E-state index contributed by atoms with van der Waals surface area (Å²) in [6, 6.07) is 0. The van der Waals surface area contributed by atoms with E-state index in [2.05, 4.69) is 11.8 Å². The van der Waals surface area contributed by atoms with Gasteiger partial charge in [0.2, 0.25) is 0 Å². The van der Waals surface area contributed by atoms with Gasteiger partial charge in [0, 0.05) is 6.54 Å². The van der Waals surface area contributed by atoms with Gasteiger partial charge >= 0.3 is 6.09 Å². The van der Waals surface area contributed by atoms with E-state index in [0.717, 1.165) is 6.42 Å². The molecule has 0 bridgehead atoms. The lowest BCUT2D eigenvalue weighted by Crippen LogP contribution is -2.36. The van der Waals surface area contributed by atoms with Crippen molar-refractivity contribution in [2.75, 3.05) is 19.7 Å². The van der Waals surface area contributed by atoms with Crippen LogP contribution in [0.4, 0.5) is 4.79 Å². The number of likely N-dealkylation sites (tertiary alicyclic amines) is 1. The summed E-state index contributed by atoms with van der Waals surface area (Å²) in [7, 11) is 0. The zero-order chi connectivity index (χ0) is 14.9. The van der Waals surface area contributed by atoms with Crippen LogP contribution in [0.3, 0.4) is 0 Å². The fourth-order valence-corrected chi connectivity index (χ4v) is 1.59. The molecule has 1 rings (SSSR count). The van der Waals surface area contributed by atoms with Crippen molar-refractivity contribution in [1.29, 1.82) is 0 Å². The second-order valence-corrected chi connectivity index (χ2v) is 5.07. The molecule has 0 saturated carbocycles. The summed E-state index contributed by atoms with van der Waals surface area (Å²) in [6.45, 7) is 13.1. The third-order valence-electron chi connectivity index (χ3n) is 2.36. The van der Waals surface area contributed by atoms with Crippen LogP contribution in [-0.4, -0.2) is 42.4 Å². The fraction of sp³-hybridized carbons (Fsp3) is 0.800. The van der Waals surface area contributed by atoms with Gasteiger partial charge in [-0.3, -0.25) is 0 Å². The molecule has 1 saturated heterocycles. The van der Waals surface area contributed by atoms with Crippen LogP contribution in [0, 0.1) is 11.8 Å². The molecule has 4 heteroatoms. The van der Waals surface area contributed by atoms with E-state index in [1.165, 1.54) is 0 Å². The van der Waals surface area contributed by atoms with Gasteiger partial charge in [0.05, 0.1) is 12.6 Å². The van der Waals surface area contributed by atoms with Gasteiger partial charge < -0.3 is 14.4 Å². The highest BCUT2D eigenvalue weighted by molar-refractivity contribution is 5.68. The van der Waals surface area contributed by atoms with Crippen LogP contribution in [0.5, 0.6) is 0 Å². The Balaban J connectivity index is 0.00000154. The number of nitrogens with zero attached hydrogens (tertiary/aromatic N) is 1. The summed E-state index contributed by atoms with van der Waals surface area (Å²) in [5.74, 6) is 5.63. The Bertz CT molecular complexity index is 323. The van der Waals surface area contributed by atoms with E-state index >= 15 is 0 Å². The van der Waals surface area contributed by atoms with Crippen molar-refractivity contribution in [2.24, 2.45) is 0 Å². The van der Waals surface area contributed by atoms with Gasteiger partial charge in [-0.2, -0.15) is 0 Å². The molecule has 0 spiro atoms. The van der Waals surface area contributed by atoms with E-state index < -0.39 is 5.60 Å². The van der Waals surface area contributed by atoms with Gasteiger partial charge in [0.15, 0.2) is 0 Å². The topological polar surface area (TPSA) is 38.8 Å². The first kappa shape index (κ1) is 17.8. The summed E-state index contributed by atoms with van der Waals surface area (Å²) in [5.41, 5.74) is -0.441. The summed E-state index contributed by atoms with van der Waals surface area (Å²) in [5, 5.41) is 0. The molecular formula is C15H27NO3. The molecule has 1 aliphatic heterocycles. The molecule has 1 amide bonds. The van der Waals surface area contributed by atoms with E-state index in [1.807, 2.05) is 34.6 Å². The van der Waals surface area contributed by atoms with Crippen LogP contribution in [-0.2, 0) is 9.47 Å². The number of hydrogen-bond donors (Lipinski definition) is 0. The highest BCUT2D eigenvalue weighted by Gasteiger charge is 2.29. The van der Waals surface area contributed by atoms with Gasteiger partial charge in [-0.1, -0.05) is 19.8 Å². The molecule has 0 aromatic rings. The lowest BCUT2D eigenvalue weighted by atomic mass is 10.2. The molecular weight excluding hydrogens is 242 g/mol. The highest BCUT2D eigenvalue weighted by atomic mass is 16.6. The molecule has 0 radical (unpaired) electrons. The first-order valence-corrected chi connectivity index (χ1v) is 6.91. The number of ether oxygens (including phenoxy) is 2. The number of amides is 1. The molecule has 19 heavy (non-hydrogen) atoms. The Hall–Kier alpha value is -1.21. The van der Waals surface area contributed by atoms with Crippen molar-refractivity contribution in [3.05, 3.63) is 0 Å². The van der Waals surface area contributed by atoms with Crippen LogP contribution in [0.1, 0.15) is 48.0 Å². The lowest BCUT2D eigenvalue weighted by molar-refractivity contribution is 0.0238. The molecule has 0 aliphatic carbocycles. The zero-order valence-electron chi connectivity index (χ0n) is 13.1. The summed E-state index contributed by atoms with van der Waals surface area (Å²) >= 11 is 0. The van der Waals surface area contributed by atoms with Crippen LogP contribution < -0.4 is 0 Å². The molecule has 0 aromatic heterocycles. The van der Waals surface area contributed by atoms with Crippen LogP contribution in [0.25, 0.3) is 0 Å². The third kappa shape index (κ3) is 7.74. The van der Waals surface area contributed by atoms with E-state index in [1.54, 1.807) is 11.8 Å². The molecule has 0 N–H and O–H groups in total. The minimum Gasteiger partial charge on any atom is -0.444 e. The van der Waals surface area contributed by atoms with Gasteiger partial charge in [-0.25, -0.2) is 4.79 Å². The smallest absolute Gasteiger partial charge is 0.410 e. The maximum Gasteiger partial charge on any atom is 0.410 e. The van der Waals surface area contributed by atoms with Crippen molar-refractivity contribution in [2.45, 2.75) is 59.7 Å². The minimum atomic E-state index is -0.441. The average Bonchev–Trinajstić information content (AvgIpc) is 2.79. The average molecular weight is 269 g/mol. The maximum absolute atomic E-state index is 11.8. The number of carbonyl (C=O) groups is 1. The molecule has 110 valence electrons. The highest BCUT2D eigenvalue weighted by Crippen LogP contribution is 2.16. The van der Waals surface area contributed by atoms with E-state index in [4.69, 9.17) is 9.47 Å². The maximum atomic E-state index is 11.8. The Kier molecular flexibility index (Phi) is 8.26.